The minimum Gasteiger partial charge on any atom is -0.369 e. The maximum atomic E-state index is 4.75. The highest BCUT2D eigenvalue weighted by Gasteiger charge is 2.29. The van der Waals surface area contributed by atoms with Gasteiger partial charge >= 0.3 is 0 Å². The van der Waals surface area contributed by atoms with Crippen LogP contribution in [0.25, 0.3) is 0 Å². The normalized spacial score (nSPS) is 24.3. The molecule has 3 aliphatic rings. The summed E-state index contributed by atoms with van der Waals surface area (Å²) in [4.78, 5) is 9.87. The number of nitrogens with zero attached hydrogens (tertiary/aromatic N) is 3. The van der Waals surface area contributed by atoms with Gasteiger partial charge in [0.15, 0.2) is 0 Å². The van der Waals surface area contributed by atoms with Gasteiger partial charge in [-0.2, -0.15) is 0 Å². The van der Waals surface area contributed by atoms with Gasteiger partial charge in [-0.15, -0.1) is 0 Å². The molecular formula is C24H33N5. The first kappa shape index (κ1) is 19.0. The van der Waals surface area contributed by atoms with Gasteiger partial charge in [-0.1, -0.05) is 18.2 Å². The van der Waals surface area contributed by atoms with Gasteiger partial charge in [0.2, 0.25) is 0 Å². The Labute approximate surface area is 174 Å². The number of fused-ring (bicyclic) bond motifs is 2. The largest absolute Gasteiger partial charge is 0.369 e. The first-order valence-electron chi connectivity index (χ1n) is 11.2. The van der Waals surface area contributed by atoms with Gasteiger partial charge in [-0.25, -0.2) is 0 Å². The van der Waals surface area contributed by atoms with E-state index in [4.69, 9.17) is 4.98 Å². The molecular weight excluding hydrogens is 358 g/mol. The lowest BCUT2D eigenvalue weighted by Crippen LogP contribution is -2.47. The summed E-state index contributed by atoms with van der Waals surface area (Å²) in [5.41, 5.74) is 7.25. The van der Waals surface area contributed by atoms with E-state index in [0.717, 1.165) is 45.7 Å². The number of rotatable bonds is 4. The summed E-state index contributed by atoms with van der Waals surface area (Å²) < 4.78 is 0. The van der Waals surface area contributed by atoms with Gasteiger partial charge in [0.1, 0.15) is 0 Å². The summed E-state index contributed by atoms with van der Waals surface area (Å²) in [5.74, 6) is 0. The van der Waals surface area contributed by atoms with Crippen LogP contribution in [0.2, 0.25) is 0 Å². The van der Waals surface area contributed by atoms with Gasteiger partial charge in [-0.3, -0.25) is 9.88 Å². The van der Waals surface area contributed by atoms with Crippen LogP contribution < -0.4 is 15.5 Å². The molecule has 154 valence electrons. The van der Waals surface area contributed by atoms with Crippen LogP contribution in [0.5, 0.6) is 0 Å². The fourth-order valence-electron chi connectivity index (χ4n) is 5.42. The quantitative estimate of drug-likeness (QED) is 0.838. The second-order valence-electron chi connectivity index (χ2n) is 8.83. The Hall–Kier alpha value is -1.95. The zero-order valence-corrected chi connectivity index (χ0v) is 17.5. The van der Waals surface area contributed by atoms with Crippen molar-refractivity contribution in [2.24, 2.45) is 0 Å². The number of aromatic nitrogens is 1. The van der Waals surface area contributed by atoms with Crippen molar-refractivity contribution in [3.63, 3.8) is 0 Å². The molecule has 5 heteroatoms. The van der Waals surface area contributed by atoms with Crippen molar-refractivity contribution < 1.29 is 0 Å². The highest BCUT2D eigenvalue weighted by molar-refractivity contribution is 5.58. The highest BCUT2D eigenvalue weighted by Crippen LogP contribution is 2.33. The van der Waals surface area contributed by atoms with E-state index in [0.29, 0.717) is 12.1 Å². The lowest BCUT2D eigenvalue weighted by Gasteiger charge is -2.38. The summed E-state index contributed by atoms with van der Waals surface area (Å²) in [6.07, 6.45) is 6.73. The Morgan fingerprint density at radius 3 is 2.90 bits per heavy atom. The van der Waals surface area contributed by atoms with Crippen molar-refractivity contribution in [2.75, 3.05) is 44.7 Å². The number of aryl methyl sites for hydroxylation is 1. The van der Waals surface area contributed by atoms with Gasteiger partial charge in [-0.05, 0) is 61.6 Å². The van der Waals surface area contributed by atoms with E-state index in [-0.39, 0.29) is 0 Å². The first-order chi connectivity index (χ1) is 14.3. The van der Waals surface area contributed by atoms with Crippen LogP contribution in [0.1, 0.15) is 41.3 Å². The molecule has 5 nitrogen and oxygen atoms in total. The number of likely N-dealkylation sites (N-methyl/N-ethyl adjacent to an activating group) is 1. The lowest BCUT2D eigenvalue weighted by atomic mass is 9.89. The van der Waals surface area contributed by atoms with E-state index < -0.39 is 0 Å². The van der Waals surface area contributed by atoms with Crippen LogP contribution >= 0.6 is 0 Å². The van der Waals surface area contributed by atoms with E-state index in [9.17, 15) is 0 Å². The minimum absolute atomic E-state index is 0.451. The maximum absolute atomic E-state index is 4.75. The van der Waals surface area contributed by atoms with Crippen LogP contribution in [-0.4, -0.2) is 55.7 Å². The molecule has 0 spiro atoms. The van der Waals surface area contributed by atoms with E-state index in [2.05, 4.69) is 57.8 Å². The topological polar surface area (TPSA) is 43.4 Å². The molecule has 29 heavy (non-hydrogen) atoms. The summed E-state index contributed by atoms with van der Waals surface area (Å²) in [6.45, 7) is 6.44. The number of anilines is 1. The minimum atomic E-state index is 0.451. The summed E-state index contributed by atoms with van der Waals surface area (Å²) in [7, 11) is 2.29. The molecule has 1 aliphatic carbocycles. The van der Waals surface area contributed by atoms with Crippen molar-refractivity contribution in [1.29, 1.82) is 0 Å². The standard InChI is InChI=1S/C24H33N5/c1-28(23-9-2-5-18-7-4-10-26-24(18)23)17-20-15-21-19(16-27-20)6-3-8-22(21)29-13-11-25-12-14-29/h3-4,6-8,10,20,23,25,27H,2,5,9,11-17H2,1H3/t20-,23+/m1/s1. The molecule has 2 aromatic rings. The molecule has 3 heterocycles. The monoisotopic (exact) mass is 391 g/mol. The zero-order valence-electron chi connectivity index (χ0n) is 17.5. The van der Waals surface area contributed by atoms with Crippen molar-refractivity contribution in [3.8, 4) is 0 Å². The zero-order chi connectivity index (χ0) is 19.6. The van der Waals surface area contributed by atoms with E-state index in [1.165, 1.54) is 41.8 Å². The van der Waals surface area contributed by atoms with Gasteiger partial charge < -0.3 is 15.5 Å². The number of hydrogen-bond acceptors (Lipinski definition) is 5. The van der Waals surface area contributed by atoms with E-state index in [1.807, 2.05) is 6.20 Å². The summed E-state index contributed by atoms with van der Waals surface area (Å²) >= 11 is 0. The molecule has 0 amide bonds. The van der Waals surface area contributed by atoms with Crippen molar-refractivity contribution in [3.05, 3.63) is 58.9 Å². The predicted molar refractivity (Wildman–Crippen MR) is 118 cm³/mol. The molecule has 1 aromatic carbocycles. The Morgan fingerprint density at radius 2 is 2.00 bits per heavy atom. The number of piperazine rings is 1. The van der Waals surface area contributed by atoms with Crippen LogP contribution in [0, 0.1) is 0 Å². The summed E-state index contributed by atoms with van der Waals surface area (Å²) in [6, 6.07) is 12.1. The van der Waals surface area contributed by atoms with E-state index in [1.54, 1.807) is 5.56 Å². The average Bonchev–Trinajstić information content (AvgIpc) is 2.79. The van der Waals surface area contributed by atoms with E-state index >= 15 is 0 Å². The predicted octanol–water partition coefficient (Wildman–Crippen LogP) is 2.51. The number of hydrogen-bond donors (Lipinski definition) is 2. The number of pyridine rings is 1. The molecule has 1 saturated heterocycles. The number of nitrogens with one attached hydrogen (secondary N) is 2. The van der Waals surface area contributed by atoms with Crippen molar-refractivity contribution in [2.45, 2.75) is 44.3 Å². The van der Waals surface area contributed by atoms with Gasteiger partial charge in [0.05, 0.1) is 11.7 Å². The van der Waals surface area contributed by atoms with Crippen LogP contribution in [0.3, 0.4) is 0 Å². The number of benzene rings is 1. The first-order valence-corrected chi connectivity index (χ1v) is 11.2. The van der Waals surface area contributed by atoms with Crippen molar-refractivity contribution >= 4 is 5.69 Å². The maximum Gasteiger partial charge on any atom is 0.0607 e. The highest BCUT2D eigenvalue weighted by atomic mass is 15.2. The SMILES string of the molecule is CN(C[C@H]1Cc2c(cccc2N2CCNCC2)CN1)[C@H]1CCCc2cccnc21. The van der Waals surface area contributed by atoms with Crippen LogP contribution in [0.15, 0.2) is 36.5 Å². The third kappa shape index (κ3) is 3.91. The van der Waals surface area contributed by atoms with Crippen LogP contribution in [-0.2, 0) is 19.4 Å². The Balaban J connectivity index is 1.31. The second kappa shape index (κ2) is 8.42. The average molecular weight is 392 g/mol. The smallest absolute Gasteiger partial charge is 0.0607 e. The molecule has 1 aromatic heterocycles. The molecule has 1 fully saturated rings. The molecule has 5 rings (SSSR count). The van der Waals surface area contributed by atoms with Gasteiger partial charge in [0, 0.05) is 57.2 Å². The third-order valence-corrected chi connectivity index (χ3v) is 6.94. The third-order valence-electron chi connectivity index (χ3n) is 6.94. The fourth-order valence-corrected chi connectivity index (χ4v) is 5.42. The Morgan fingerprint density at radius 1 is 1.14 bits per heavy atom. The van der Waals surface area contributed by atoms with Crippen molar-refractivity contribution in [1.82, 2.24) is 20.5 Å². The molecule has 2 aliphatic heterocycles. The molecule has 0 saturated carbocycles. The van der Waals surface area contributed by atoms with Crippen LogP contribution in [0.4, 0.5) is 5.69 Å². The van der Waals surface area contributed by atoms with Gasteiger partial charge in [0.25, 0.3) is 0 Å². The molecule has 2 atom stereocenters. The molecule has 0 bridgehead atoms. The summed E-state index contributed by atoms with van der Waals surface area (Å²) in [5, 5.41) is 7.28. The molecule has 0 unspecified atom stereocenters. The molecule has 2 N–H and O–H groups in total. The molecule has 0 radical (unpaired) electrons. The Bertz CT molecular complexity index is 845. The second-order valence-corrected chi connectivity index (χ2v) is 8.83. The fraction of sp³-hybridized carbons (Fsp3) is 0.542. The lowest BCUT2D eigenvalue weighted by molar-refractivity contribution is 0.191. The Kier molecular flexibility index (Phi) is 5.53.